The number of rotatable bonds is 4. The number of hydrogen-bond donors (Lipinski definition) is 2. The summed E-state index contributed by atoms with van der Waals surface area (Å²) in [5.74, 6) is -2.10. The molecule has 0 saturated carbocycles. The van der Waals surface area contributed by atoms with Gasteiger partial charge in [0.15, 0.2) is 0 Å². The molecule has 12 heteroatoms. The average molecular weight is 420 g/mol. The maximum Gasteiger partial charge on any atom is 0.490 e. The number of amides is 1. The number of aliphatic carboxylic acids is 1. The van der Waals surface area contributed by atoms with E-state index in [4.69, 9.17) is 19.4 Å². The largest absolute Gasteiger partial charge is 0.490 e. The van der Waals surface area contributed by atoms with Crippen LogP contribution in [0.5, 0.6) is 0 Å². The van der Waals surface area contributed by atoms with E-state index in [0.717, 1.165) is 25.8 Å². The highest BCUT2D eigenvalue weighted by atomic mass is 19.4. The van der Waals surface area contributed by atoms with Crippen molar-refractivity contribution in [3.8, 4) is 0 Å². The molecule has 2 aliphatic rings. The van der Waals surface area contributed by atoms with Crippen molar-refractivity contribution in [1.82, 2.24) is 14.9 Å². The lowest BCUT2D eigenvalue weighted by Gasteiger charge is -2.39. The summed E-state index contributed by atoms with van der Waals surface area (Å²) in [6, 6.07) is 1.97. The van der Waals surface area contributed by atoms with Crippen LogP contribution in [0.15, 0.2) is 18.5 Å². The van der Waals surface area contributed by atoms with Gasteiger partial charge in [0, 0.05) is 39.0 Å². The molecule has 2 aliphatic heterocycles. The molecule has 1 amide bonds. The summed E-state index contributed by atoms with van der Waals surface area (Å²) in [5.41, 5.74) is -0.242. The average Bonchev–Trinajstić information content (AvgIpc) is 3.04. The summed E-state index contributed by atoms with van der Waals surface area (Å²) in [4.78, 5) is 31.1. The minimum absolute atomic E-state index is 0.0352. The van der Waals surface area contributed by atoms with Crippen LogP contribution in [0.2, 0.25) is 0 Å². The van der Waals surface area contributed by atoms with Crippen molar-refractivity contribution in [2.75, 3.05) is 38.7 Å². The molecular formula is C17H23F3N4O5. The smallest absolute Gasteiger partial charge is 0.475 e. The summed E-state index contributed by atoms with van der Waals surface area (Å²) >= 11 is 0. The van der Waals surface area contributed by atoms with Crippen molar-refractivity contribution >= 4 is 17.8 Å². The maximum absolute atomic E-state index is 12.0. The molecule has 0 aromatic carbocycles. The quantitative estimate of drug-likeness (QED) is 0.750. The van der Waals surface area contributed by atoms with Crippen molar-refractivity contribution < 1.29 is 37.3 Å². The third-order valence-corrected chi connectivity index (χ3v) is 4.51. The van der Waals surface area contributed by atoms with E-state index in [2.05, 4.69) is 15.3 Å². The van der Waals surface area contributed by atoms with Crippen LogP contribution in [0.4, 0.5) is 19.1 Å². The molecule has 3 heterocycles. The number of halogens is 3. The molecule has 2 N–H and O–H groups in total. The van der Waals surface area contributed by atoms with E-state index in [1.165, 1.54) is 0 Å². The Morgan fingerprint density at radius 2 is 2.07 bits per heavy atom. The number of carbonyl (C=O) groups is 2. The molecule has 2 saturated heterocycles. The first kappa shape index (κ1) is 22.8. The maximum atomic E-state index is 12.0. The number of nitrogens with one attached hydrogen (secondary N) is 1. The van der Waals surface area contributed by atoms with Gasteiger partial charge >= 0.3 is 12.1 Å². The normalized spacial score (nSPS) is 24.0. The highest BCUT2D eigenvalue weighted by Gasteiger charge is 2.44. The predicted molar refractivity (Wildman–Crippen MR) is 94.1 cm³/mol. The molecule has 9 nitrogen and oxygen atoms in total. The Bertz CT molecular complexity index is 691. The predicted octanol–water partition coefficient (Wildman–Crippen LogP) is 1.32. The Hall–Kier alpha value is -2.47. The van der Waals surface area contributed by atoms with Crippen LogP contribution in [-0.4, -0.2) is 83.1 Å². The lowest BCUT2D eigenvalue weighted by Crippen LogP contribution is -2.51. The summed E-state index contributed by atoms with van der Waals surface area (Å²) < 4.78 is 42.8. The fourth-order valence-corrected chi connectivity index (χ4v) is 3.30. The highest BCUT2D eigenvalue weighted by molar-refractivity contribution is 5.77. The topological polar surface area (TPSA) is 114 Å². The van der Waals surface area contributed by atoms with Gasteiger partial charge in [0.2, 0.25) is 11.9 Å². The summed E-state index contributed by atoms with van der Waals surface area (Å²) in [6.07, 6.45) is 1.16. The van der Waals surface area contributed by atoms with Gasteiger partial charge in [0.05, 0.1) is 18.2 Å². The molecule has 29 heavy (non-hydrogen) atoms. The number of nitrogens with zero attached hydrogens (tertiary/aromatic N) is 3. The highest BCUT2D eigenvalue weighted by Crippen LogP contribution is 2.35. The van der Waals surface area contributed by atoms with E-state index in [-0.39, 0.29) is 24.2 Å². The van der Waals surface area contributed by atoms with Gasteiger partial charge < -0.3 is 24.8 Å². The number of alkyl halides is 3. The number of carboxylic acids is 1. The zero-order chi connectivity index (χ0) is 21.5. The summed E-state index contributed by atoms with van der Waals surface area (Å²) in [6.45, 7) is 2.18. The van der Waals surface area contributed by atoms with Gasteiger partial charge in [-0.3, -0.25) is 4.79 Å². The summed E-state index contributed by atoms with van der Waals surface area (Å²) in [7, 11) is 1.55. The van der Waals surface area contributed by atoms with Gasteiger partial charge in [-0.15, -0.1) is 0 Å². The second-order valence-corrected chi connectivity index (χ2v) is 6.77. The standard InChI is InChI=1S/C15H22N4O3.C2HF3O2/c1-21-10-13(20)19-7-2-4-15(11-19)8-12(9-22-15)18-14-16-5-3-6-17-14;3-2(4,5)1(6)7/h3,5-6,12H,2,4,7-11H2,1H3,(H,16,17,18);(H,6,7). The number of carboxylic acid groups (broad SMARTS) is 1. The molecule has 1 aromatic heterocycles. The van der Waals surface area contributed by atoms with Gasteiger partial charge in [0.25, 0.3) is 0 Å². The molecule has 162 valence electrons. The van der Waals surface area contributed by atoms with Crippen LogP contribution in [0, 0.1) is 0 Å². The monoisotopic (exact) mass is 420 g/mol. The number of anilines is 1. The van der Waals surface area contributed by atoms with Crippen LogP contribution in [0.25, 0.3) is 0 Å². The second kappa shape index (κ2) is 9.83. The number of likely N-dealkylation sites (tertiary alicyclic amines) is 1. The third-order valence-electron chi connectivity index (χ3n) is 4.51. The Kier molecular flexibility index (Phi) is 7.73. The van der Waals surface area contributed by atoms with E-state index < -0.39 is 12.1 Å². The first-order valence-electron chi connectivity index (χ1n) is 8.89. The Labute approximate surface area is 165 Å². The molecule has 0 aliphatic carbocycles. The second-order valence-electron chi connectivity index (χ2n) is 6.77. The molecule has 3 rings (SSSR count). The molecule has 2 atom stereocenters. The van der Waals surface area contributed by atoms with Gasteiger partial charge in [0.1, 0.15) is 6.61 Å². The van der Waals surface area contributed by atoms with Crippen LogP contribution >= 0.6 is 0 Å². The number of hydrogen-bond acceptors (Lipinski definition) is 7. The number of piperidine rings is 1. The number of methoxy groups -OCH3 is 1. The van der Waals surface area contributed by atoms with Crippen molar-refractivity contribution in [1.29, 1.82) is 0 Å². The van der Waals surface area contributed by atoms with Crippen LogP contribution in [0.3, 0.4) is 0 Å². The Balaban J connectivity index is 0.000000370. The molecule has 1 spiro atoms. The lowest BCUT2D eigenvalue weighted by molar-refractivity contribution is -0.192. The van der Waals surface area contributed by atoms with Crippen molar-refractivity contribution in [2.45, 2.75) is 37.1 Å². The third kappa shape index (κ3) is 6.82. The SMILES string of the molecule is COCC(=O)N1CCCC2(CC(Nc3ncccn3)CO2)C1.O=C(O)C(F)(F)F. The first-order chi connectivity index (χ1) is 13.6. The minimum Gasteiger partial charge on any atom is -0.475 e. The molecular weight excluding hydrogens is 397 g/mol. The fourth-order valence-electron chi connectivity index (χ4n) is 3.30. The minimum atomic E-state index is -5.08. The van der Waals surface area contributed by atoms with Gasteiger partial charge in [-0.25, -0.2) is 14.8 Å². The van der Waals surface area contributed by atoms with E-state index >= 15 is 0 Å². The van der Waals surface area contributed by atoms with Crippen LogP contribution in [-0.2, 0) is 19.1 Å². The molecule has 2 fully saturated rings. The lowest BCUT2D eigenvalue weighted by atomic mass is 9.88. The van der Waals surface area contributed by atoms with E-state index in [0.29, 0.717) is 19.1 Å². The van der Waals surface area contributed by atoms with E-state index in [1.54, 1.807) is 25.6 Å². The Morgan fingerprint density at radius 1 is 1.41 bits per heavy atom. The zero-order valence-corrected chi connectivity index (χ0v) is 15.8. The van der Waals surface area contributed by atoms with Crippen LogP contribution in [0.1, 0.15) is 19.3 Å². The first-order valence-corrected chi connectivity index (χ1v) is 8.89. The number of ether oxygens (including phenoxy) is 2. The molecule has 1 aromatic rings. The van der Waals surface area contributed by atoms with Crippen LogP contribution < -0.4 is 5.32 Å². The number of carbonyl (C=O) groups excluding carboxylic acids is 1. The van der Waals surface area contributed by atoms with E-state index in [9.17, 15) is 18.0 Å². The van der Waals surface area contributed by atoms with E-state index in [1.807, 2.05) is 4.90 Å². The van der Waals surface area contributed by atoms with Crippen molar-refractivity contribution in [3.05, 3.63) is 18.5 Å². The zero-order valence-electron chi connectivity index (χ0n) is 15.8. The van der Waals surface area contributed by atoms with Gasteiger partial charge in [-0.1, -0.05) is 0 Å². The van der Waals surface area contributed by atoms with Gasteiger partial charge in [-0.2, -0.15) is 13.2 Å². The van der Waals surface area contributed by atoms with Gasteiger partial charge in [-0.05, 0) is 18.9 Å². The number of aromatic nitrogens is 2. The molecule has 0 bridgehead atoms. The molecule has 0 radical (unpaired) electrons. The van der Waals surface area contributed by atoms with Crippen molar-refractivity contribution in [3.63, 3.8) is 0 Å². The molecule has 2 unspecified atom stereocenters. The summed E-state index contributed by atoms with van der Waals surface area (Å²) in [5, 5.41) is 10.4. The fraction of sp³-hybridized carbons (Fsp3) is 0.647. The van der Waals surface area contributed by atoms with Crippen molar-refractivity contribution in [2.24, 2.45) is 0 Å². The Morgan fingerprint density at radius 3 is 2.66 bits per heavy atom.